The molecule has 0 radical (unpaired) electrons. The zero-order chi connectivity index (χ0) is 17.5. The number of benzene rings is 1. The number of nitrogens with one attached hydrogen (secondary N) is 1. The number of aliphatic hydroxyl groups is 1. The van der Waals surface area contributed by atoms with Crippen molar-refractivity contribution < 1.29 is 9.90 Å². The van der Waals surface area contributed by atoms with Crippen LogP contribution in [0.2, 0.25) is 0 Å². The summed E-state index contributed by atoms with van der Waals surface area (Å²) in [5.41, 5.74) is 3.37. The minimum atomic E-state index is -0.623. The van der Waals surface area contributed by atoms with Crippen LogP contribution in [-0.4, -0.2) is 39.6 Å². The van der Waals surface area contributed by atoms with Gasteiger partial charge < -0.3 is 15.0 Å². The molecule has 1 saturated heterocycles. The van der Waals surface area contributed by atoms with Gasteiger partial charge in [0.1, 0.15) is 5.69 Å². The normalized spacial score (nSPS) is 16.8. The molecular weight excluding hydrogens is 300 g/mol. The minimum absolute atomic E-state index is 0.100. The van der Waals surface area contributed by atoms with Crippen molar-refractivity contribution in [2.75, 3.05) is 13.1 Å². The molecule has 1 aliphatic rings. The van der Waals surface area contributed by atoms with Gasteiger partial charge in [-0.2, -0.15) is 0 Å². The zero-order valence-electron chi connectivity index (χ0n) is 15.1. The molecule has 130 valence electrons. The van der Waals surface area contributed by atoms with Gasteiger partial charge in [0, 0.05) is 24.0 Å². The predicted octanol–water partition coefficient (Wildman–Crippen LogP) is 3.80. The minimum Gasteiger partial charge on any atom is -0.390 e. The molecule has 0 atom stereocenters. The lowest BCUT2D eigenvalue weighted by Gasteiger charge is -2.34. The molecule has 0 bridgehead atoms. The topological polar surface area (TPSA) is 56.3 Å². The van der Waals surface area contributed by atoms with Crippen molar-refractivity contribution in [1.29, 1.82) is 0 Å². The number of fused-ring (bicyclic) bond motifs is 1. The van der Waals surface area contributed by atoms with Crippen molar-refractivity contribution in [3.8, 4) is 0 Å². The fourth-order valence-electron chi connectivity index (χ4n) is 3.86. The lowest BCUT2D eigenvalue weighted by Crippen LogP contribution is -2.40. The number of amides is 1. The Balaban J connectivity index is 1.73. The number of rotatable bonds is 3. The van der Waals surface area contributed by atoms with Crippen molar-refractivity contribution in [1.82, 2.24) is 9.88 Å². The molecule has 0 saturated carbocycles. The van der Waals surface area contributed by atoms with Crippen molar-refractivity contribution in [2.45, 2.75) is 52.6 Å². The monoisotopic (exact) mass is 328 g/mol. The fraction of sp³-hybridized carbons (Fsp3) is 0.550. The van der Waals surface area contributed by atoms with E-state index in [-0.39, 0.29) is 5.91 Å². The first kappa shape index (κ1) is 17.0. The number of aryl methyl sites for hydroxylation is 2. The van der Waals surface area contributed by atoms with Crippen LogP contribution >= 0.6 is 0 Å². The maximum atomic E-state index is 12.9. The highest BCUT2D eigenvalue weighted by atomic mass is 16.3. The second kappa shape index (κ2) is 6.25. The predicted molar refractivity (Wildman–Crippen MR) is 97.3 cm³/mol. The summed E-state index contributed by atoms with van der Waals surface area (Å²) < 4.78 is 0. The highest BCUT2D eigenvalue weighted by molar-refractivity contribution is 6.01. The van der Waals surface area contributed by atoms with E-state index in [9.17, 15) is 9.90 Å². The summed E-state index contributed by atoms with van der Waals surface area (Å²) in [6.07, 6.45) is 2.74. The summed E-state index contributed by atoms with van der Waals surface area (Å²) in [6.45, 7) is 9.36. The number of likely N-dealkylation sites (tertiary alicyclic amines) is 1. The smallest absolute Gasteiger partial charge is 0.270 e. The van der Waals surface area contributed by atoms with E-state index in [0.29, 0.717) is 5.92 Å². The van der Waals surface area contributed by atoms with Crippen LogP contribution in [0.15, 0.2) is 18.2 Å². The van der Waals surface area contributed by atoms with Crippen LogP contribution in [0, 0.1) is 19.8 Å². The molecule has 1 aliphatic heterocycles. The molecule has 3 rings (SSSR count). The Kier molecular flexibility index (Phi) is 4.43. The van der Waals surface area contributed by atoms with Crippen LogP contribution in [0.25, 0.3) is 10.9 Å². The molecule has 2 aromatic rings. The number of hydrogen-bond acceptors (Lipinski definition) is 2. The van der Waals surface area contributed by atoms with Crippen molar-refractivity contribution in [3.05, 3.63) is 35.0 Å². The molecule has 1 fully saturated rings. The van der Waals surface area contributed by atoms with Gasteiger partial charge in [-0.05, 0) is 70.6 Å². The van der Waals surface area contributed by atoms with Gasteiger partial charge in [0.15, 0.2) is 0 Å². The average Bonchev–Trinajstić information content (AvgIpc) is 2.83. The third-order valence-corrected chi connectivity index (χ3v) is 5.12. The Morgan fingerprint density at radius 2 is 1.96 bits per heavy atom. The number of piperidine rings is 1. The van der Waals surface area contributed by atoms with E-state index >= 15 is 0 Å². The van der Waals surface area contributed by atoms with E-state index in [0.717, 1.165) is 54.5 Å². The highest BCUT2D eigenvalue weighted by Crippen LogP contribution is 2.28. The molecule has 0 unspecified atom stereocenters. The van der Waals surface area contributed by atoms with E-state index < -0.39 is 5.60 Å². The fourth-order valence-corrected chi connectivity index (χ4v) is 3.86. The number of nitrogens with zero attached hydrogens (tertiary/aromatic N) is 1. The summed E-state index contributed by atoms with van der Waals surface area (Å²) in [7, 11) is 0. The average molecular weight is 328 g/mol. The quantitative estimate of drug-likeness (QED) is 0.900. The highest BCUT2D eigenvalue weighted by Gasteiger charge is 2.28. The van der Waals surface area contributed by atoms with Crippen molar-refractivity contribution >= 4 is 16.8 Å². The van der Waals surface area contributed by atoms with Crippen LogP contribution in [0.1, 0.15) is 54.7 Å². The van der Waals surface area contributed by atoms with Crippen molar-refractivity contribution in [2.24, 2.45) is 5.92 Å². The molecule has 2 heterocycles. The summed E-state index contributed by atoms with van der Waals surface area (Å²) >= 11 is 0. The summed E-state index contributed by atoms with van der Waals surface area (Å²) in [5, 5.41) is 11.1. The van der Waals surface area contributed by atoms with E-state index in [4.69, 9.17) is 0 Å². The van der Waals surface area contributed by atoms with E-state index in [1.54, 1.807) is 0 Å². The van der Waals surface area contributed by atoms with E-state index in [1.165, 1.54) is 5.56 Å². The second-order valence-electron chi connectivity index (χ2n) is 7.93. The molecular formula is C20H28N2O2. The van der Waals surface area contributed by atoms with Crippen LogP contribution in [-0.2, 0) is 0 Å². The van der Waals surface area contributed by atoms with Gasteiger partial charge in [0.05, 0.1) is 5.60 Å². The summed E-state index contributed by atoms with van der Waals surface area (Å²) in [5.74, 6) is 0.601. The Morgan fingerprint density at radius 1 is 1.29 bits per heavy atom. The summed E-state index contributed by atoms with van der Waals surface area (Å²) in [6, 6.07) is 6.24. The van der Waals surface area contributed by atoms with Gasteiger partial charge in [-0.15, -0.1) is 0 Å². The van der Waals surface area contributed by atoms with Crippen molar-refractivity contribution in [3.63, 3.8) is 0 Å². The lowest BCUT2D eigenvalue weighted by molar-refractivity contribution is 0.0357. The van der Waals surface area contributed by atoms with E-state index in [2.05, 4.69) is 24.0 Å². The van der Waals surface area contributed by atoms with Gasteiger partial charge in [-0.1, -0.05) is 11.6 Å². The standard InChI is InChI=1S/C20H28N2O2/c1-13-5-6-17-16(11-13)14(2)18(21-17)19(23)22-9-7-15(8-10-22)12-20(3,4)24/h5-6,11,15,21,24H,7-10,12H2,1-4H3. The van der Waals surface area contributed by atoms with Crippen LogP contribution in [0.4, 0.5) is 0 Å². The lowest BCUT2D eigenvalue weighted by atomic mass is 9.86. The number of carbonyl (C=O) groups excluding carboxylic acids is 1. The number of H-pyrrole nitrogens is 1. The molecule has 0 aliphatic carbocycles. The van der Waals surface area contributed by atoms with Crippen LogP contribution in [0.3, 0.4) is 0 Å². The Hall–Kier alpha value is -1.81. The largest absolute Gasteiger partial charge is 0.390 e. The number of aromatic nitrogens is 1. The molecule has 1 aromatic heterocycles. The third kappa shape index (κ3) is 3.48. The van der Waals surface area contributed by atoms with Crippen LogP contribution < -0.4 is 0 Å². The molecule has 0 spiro atoms. The maximum absolute atomic E-state index is 12.9. The van der Waals surface area contributed by atoms with Gasteiger partial charge in [0.25, 0.3) is 5.91 Å². The molecule has 2 N–H and O–H groups in total. The van der Waals surface area contributed by atoms with E-state index in [1.807, 2.05) is 31.7 Å². The second-order valence-corrected chi connectivity index (χ2v) is 7.93. The summed E-state index contributed by atoms with van der Waals surface area (Å²) in [4.78, 5) is 18.2. The first-order chi connectivity index (χ1) is 11.2. The zero-order valence-corrected chi connectivity index (χ0v) is 15.1. The van der Waals surface area contributed by atoms with Gasteiger partial charge in [-0.3, -0.25) is 4.79 Å². The molecule has 24 heavy (non-hydrogen) atoms. The first-order valence-corrected chi connectivity index (χ1v) is 8.85. The molecule has 4 heteroatoms. The van der Waals surface area contributed by atoms with Crippen LogP contribution in [0.5, 0.6) is 0 Å². The first-order valence-electron chi connectivity index (χ1n) is 8.85. The molecule has 1 amide bonds. The van der Waals surface area contributed by atoms with Gasteiger partial charge >= 0.3 is 0 Å². The number of hydrogen-bond donors (Lipinski definition) is 2. The third-order valence-electron chi connectivity index (χ3n) is 5.12. The number of aromatic amines is 1. The Bertz CT molecular complexity index is 747. The Morgan fingerprint density at radius 3 is 2.58 bits per heavy atom. The van der Waals surface area contributed by atoms with Gasteiger partial charge in [-0.25, -0.2) is 0 Å². The molecule has 4 nitrogen and oxygen atoms in total. The SMILES string of the molecule is Cc1ccc2[nH]c(C(=O)N3CCC(CC(C)(C)O)CC3)c(C)c2c1. The maximum Gasteiger partial charge on any atom is 0.270 e. The molecule has 1 aromatic carbocycles. The Labute approximate surface area is 143 Å². The number of carbonyl (C=O) groups is 1. The van der Waals surface area contributed by atoms with Gasteiger partial charge in [0.2, 0.25) is 0 Å².